The van der Waals surface area contributed by atoms with E-state index >= 15 is 0 Å². The van der Waals surface area contributed by atoms with Gasteiger partial charge in [0, 0.05) is 5.02 Å². The zero-order chi connectivity index (χ0) is 14.3. The van der Waals surface area contributed by atoms with E-state index in [4.69, 9.17) is 11.6 Å². The number of rotatable bonds is 1. The summed E-state index contributed by atoms with van der Waals surface area (Å²) in [6, 6.07) is 10.1. The van der Waals surface area contributed by atoms with Crippen LogP contribution in [0.25, 0.3) is 22.3 Å². The van der Waals surface area contributed by atoms with Crippen LogP contribution >= 0.6 is 27.5 Å². The lowest BCUT2D eigenvalue weighted by molar-refractivity contribution is 0.473. The quantitative estimate of drug-likeness (QED) is 0.702. The van der Waals surface area contributed by atoms with E-state index in [1.54, 1.807) is 36.4 Å². The SMILES string of the molecule is O=c1[nH]c(-c2cc(Cl)cc(Br)c2O)nc2ccccc12. The molecule has 3 rings (SSSR count). The first-order valence-electron chi connectivity index (χ1n) is 5.73. The lowest BCUT2D eigenvalue weighted by Gasteiger charge is -2.07. The Balaban J connectivity index is 2.33. The van der Waals surface area contributed by atoms with E-state index in [2.05, 4.69) is 25.9 Å². The first kappa shape index (κ1) is 13.1. The molecule has 0 amide bonds. The number of nitrogens with one attached hydrogen (secondary N) is 1. The van der Waals surface area contributed by atoms with Gasteiger partial charge in [-0.05, 0) is 40.2 Å². The molecule has 6 heteroatoms. The molecular formula is C14H8BrClN2O2. The number of fused-ring (bicyclic) bond motifs is 1. The van der Waals surface area contributed by atoms with Gasteiger partial charge in [-0.25, -0.2) is 4.98 Å². The van der Waals surface area contributed by atoms with Crippen LogP contribution in [0, 0.1) is 0 Å². The molecular weight excluding hydrogens is 344 g/mol. The molecule has 0 radical (unpaired) electrons. The average Bonchev–Trinajstić information content (AvgIpc) is 2.43. The Morgan fingerprint density at radius 1 is 1.25 bits per heavy atom. The lowest BCUT2D eigenvalue weighted by atomic mass is 10.1. The topological polar surface area (TPSA) is 66.0 Å². The first-order valence-corrected chi connectivity index (χ1v) is 6.91. The fourth-order valence-electron chi connectivity index (χ4n) is 1.96. The maximum Gasteiger partial charge on any atom is 0.259 e. The van der Waals surface area contributed by atoms with Gasteiger partial charge in [-0.2, -0.15) is 0 Å². The second-order valence-electron chi connectivity index (χ2n) is 4.22. The number of hydrogen-bond donors (Lipinski definition) is 2. The van der Waals surface area contributed by atoms with Crippen molar-refractivity contribution in [2.45, 2.75) is 0 Å². The van der Waals surface area contributed by atoms with Crippen LogP contribution in [0.1, 0.15) is 0 Å². The van der Waals surface area contributed by atoms with Crippen molar-refractivity contribution in [3.8, 4) is 17.1 Å². The fourth-order valence-corrected chi connectivity index (χ4v) is 2.77. The maximum atomic E-state index is 12.0. The van der Waals surface area contributed by atoms with Gasteiger partial charge in [-0.1, -0.05) is 23.7 Å². The van der Waals surface area contributed by atoms with E-state index in [-0.39, 0.29) is 17.1 Å². The molecule has 100 valence electrons. The second-order valence-corrected chi connectivity index (χ2v) is 5.51. The molecule has 0 atom stereocenters. The summed E-state index contributed by atoms with van der Waals surface area (Å²) in [5.41, 5.74) is 0.662. The predicted molar refractivity (Wildman–Crippen MR) is 82.2 cm³/mol. The number of H-pyrrole nitrogens is 1. The zero-order valence-electron chi connectivity index (χ0n) is 10.0. The van der Waals surface area contributed by atoms with E-state index in [1.807, 2.05) is 0 Å². The minimum Gasteiger partial charge on any atom is -0.506 e. The van der Waals surface area contributed by atoms with Crippen molar-refractivity contribution < 1.29 is 5.11 Å². The van der Waals surface area contributed by atoms with Gasteiger partial charge in [0.15, 0.2) is 0 Å². The monoisotopic (exact) mass is 350 g/mol. The summed E-state index contributed by atoms with van der Waals surface area (Å²) >= 11 is 9.18. The summed E-state index contributed by atoms with van der Waals surface area (Å²) < 4.78 is 0.441. The van der Waals surface area contributed by atoms with Crippen LogP contribution in [-0.2, 0) is 0 Å². The molecule has 2 N–H and O–H groups in total. The van der Waals surface area contributed by atoms with Crippen molar-refractivity contribution in [2.75, 3.05) is 0 Å². The normalized spacial score (nSPS) is 10.9. The molecule has 0 aliphatic heterocycles. The summed E-state index contributed by atoms with van der Waals surface area (Å²) in [5, 5.41) is 11.0. The molecule has 0 unspecified atom stereocenters. The van der Waals surface area contributed by atoms with Crippen molar-refractivity contribution in [1.82, 2.24) is 9.97 Å². The molecule has 0 fully saturated rings. The Labute approximate surface area is 127 Å². The Morgan fingerprint density at radius 3 is 2.80 bits per heavy atom. The number of nitrogens with zero attached hydrogens (tertiary/aromatic N) is 1. The number of aromatic amines is 1. The van der Waals surface area contributed by atoms with Gasteiger partial charge < -0.3 is 10.1 Å². The van der Waals surface area contributed by atoms with Gasteiger partial charge in [0.25, 0.3) is 5.56 Å². The molecule has 0 bridgehead atoms. The Bertz CT molecular complexity index is 877. The highest BCUT2D eigenvalue weighted by Gasteiger charge is 2.13. The summed E-state index contributed by atoms with van der Waals surface area (Å²) in [6.07, 6.45) is 0. The minimum absolute atomic E-state index is 0.0205. The van der Waals surface area contributed by atoms with Crippen LogP contribution in [0.5, 0.6) is 5.75 Å². The highest BCUT2D eigenvalue weighted by Crippen LogP contribution is 2.36. The van der Waals surface area contributed by atoms with Crippen molar-refractivity contribution in [3.05, 3.63) is 56.2 Å². The predicted octanol–water partition coefficient (Wildman–Crippen LogP) is 3.71. The largest absolute Gasteiger partial charge is 0.506 e. The van der Waals surface area contributed by atoms with Gasteiger partial charge in [0.1, 0.15) is 11.6 Å². The molecule has 20 heavy (non-hydrogen) atoms. The minimum atomic E-state index is -0.263. The summed E-state index contributed by atoms with van der Waals surface area (Å²) in [7, 11) is 0. The first-order chi connectivity index (χ1) is 9.56. The Kier molecular flexibility index (Phi) is 3.23. The molecule has 0 spiro atoms. The van der Waals surface area contributed by atoms with Crippen molar-refractivity contribution >= 4 is 38.4 Å². The van der Waals surface area contributed by atoms with E-state index in [9.17, 15) is 9.90 Å². The number of aromatic hydroxyl groups is 1. The molecule has 0 saturated carbocycles. The second kappa shape index (κ2) is 4.92. The van der Waals surface area contributed by atoms with Crippen LogP contribution in [0.2, 0.25) is 5.02 Å². The average molecular weight is 352 g/mol. The zero-order valence-corrected chi connectivity index (χ0v) is 12.4. The van der Waals surface area contributed by atoms with Crippen LogP contribution in [0.4, 0.5) is 0 Å². The van der Waals surface area contributed by atoms with Gasteiger partial charge in [0.2, 0.25) is 0 Å². The Morgan fingerprint density at radius 2 is 2.00 bits per heavy atom. The van der Waals surface area contributed by atoms with Crippen molar-refractivity contribution in [2.24, 2.45) is 0 Å². The summed E-state index contributed by atoms with van der Waals surface area (Å²) in [4.78, 5) is 19.0. The van der Waals surface area contributed by atoms with E-state index in [0.29, 0.717) is 26.0 Å². The van der Waals surface area contributed by atoms with E-state index in [0.717, 1.165) is 0 Å². The number of halogens is 2. The number of aromatic nitrogens is 2. The molecule has 1 aromatic heterocycles. The molecule has 0 aliphatic carbocycles. The standard InChI is InChI=1S/C14H8BrClN2O2/c15-10-6-7(16)5-9(12(10)19)13-17-11-4-2-1-3-8(11)14(20)18-13/h1-6,19H,(H,17,18,20). The van der Waals surface area contributed by atoms with E-state index in [1.165, 1.54) is 0 Å². The third-order valence-corrected chi connectivity index (χ3v) is 3.72. The van der Waals surface area contributed by atoms with Crippen molar-refractivity contribution in [3.63, 3.8) is 0 Å². The van der Waals surface area contributed by atoms with E-state index < -0.39 is 0 Å². The molecule has 3 aromatic rings. The van der Waals surface area contributed by atoms with Crippen molar-refractivity contribution in [1.29, 1.82) is 0 Å². The van der Waals surface area contributed by atoms with Crippen LogP contribution < -0.4 is 5.56 Å². The fraction of sp³-hybridized carbons (Fsp3) is 0. The number of phenolic OH excluding ortho intramolecular Hbond substituents is 1. The van der Waals surface area contributed by atoms with Crippen LogP contribution in [0.3, 0.4) is 0 Å². The molecule has 4 nitrogen and oxygen atoms in total. The van der Waals surface area contributed by atoms with Gasteiger partial charge in [-0.15, -0.1) is 0 Å². The summed E-state index contributed by atoms with van der Waals surface area (Å²) in [6.45, 7) is 0. The smallest absolute Gasteiger partial charge is 0.259 e. The third-order valence-electron chi connectivity index (χ3n) is 2.90. The Hall–Kier alpha value is -1.85. The van der Waals surface area contributed by atoms with Gasteiger partial charge in [-0.3, -0.25) is 4.79 Å². The molecule has 0 saturated heterocycles. The molecule has 2 aromatic carbocycles. The van der Waals surface area contributed by atoms with Crippen LogP contribution in [0.15, 0.2) is 45.7 Å². The third kappa shape index (κ3) is 2.19. The number of phenols is 1. The van der Waals surface area contributed by atoms with Crippen LogP contribution in [-0.4, -0.2) is 15.1 Å². The number of benzene rings is 2. The highest BCUT2D eigenvalue weighted by molar-refractivity contribution is 9.10. The maximum absolute atomic E-state index is 12.0. The molecule has 1 heterocycles. The number of hydrogen-bond acceptors (Lipinski definition) is 3. The summed E-state index contributed by atoms with van der Waals surface area (Å²) in [5.74, 6) is 0.252. The number of para-hydroxylation sites is 1. The molecule has 0 aliphatic rings. The lowest BCUT2D eigenvalue weighted by Crippen LogP contribution is -2.09. The van der Waals surface area contributed by atoms with Gasteiger partial charge in [0.05, 0.1) is 20.9 Å². The highest BCUT2D eigenvalue weighted by atomic mass is 79.9. The van der Waals surface area contributed by atoms with Gasteiger partial charge >= 0.3 is 0 Å².